The highest BCUT2D eigenvalue weighted by atomic mass is 35.5. The molecule has 0 spiro atoms. The number of carbonyl (C=O) groups is 2. The van der Waals surface area contributed by atoms with Gasteiger partial charge in [0, 0.05) is 16.8 Å². The zero-order chi connectivity index (χ0) is 19.3. The van der Waals surface area contributed by atoms with E-state index in [1.807, 2.05) is 6.92 Å². The molecule has 0 bridgehead atoms. The molecule has 1 amide bonds. The molecule has 2 rings (SSSR count). The van der Waals surface area contributed by atoms with Crippen molar-refractivity contribution in [3.8, 4) is 5.75 Å². The van der Waals surface area contributed by atoms with Crippen LogP contribution in [0.5, 0.6) is 5.75 Å². The van der Waals surface area contributed by atoms with Gasteiger partial charge in [0.25, 0.3) is 5.91 Å². The Balaban J connectivity index is 1.99. The van der Waals surface area contributed by atoms with Gasteiger partial charge in [-0.3, -0.25) is 14.9 Å². The van der Waals surface area contributed by atoms with Gasteiger partial charge in [-0.05, 0) is 36.8 Å². The summed E-state index contributed by atoms with van der Waals surface area (Å²) in [6.07, 6.45) is 0. The molecule has 0 heterocycles. The third-order valence-electron chi connectivity index (χ3n) is 3.40. The SMILES string of the molecule is COc1ccc(C(=O)OCC(=O)Nc2ccc(C)c(Cl)c2)cc1[N+](=O)[O-]. The number of nitro benzene ring substituents is 1. The summed E-state index contributed by atoms with van der Waals surface area (Å²) in [5.74, 6) is -1.42. The molecule has 0 aliphatic heterocycles. The second kappa shape index (κ2) is 8.30. The lowest BCUT2D eigenvalue weighted by Gasteiger charge is -2.08. The molecule has 26 heavy (non-hydrogen) atoms. The summed E-state index contributed by atoms with van der Waals surface area (Å²) < 4.78 is 9.73. The minimum atomic E-state index is -0.868. The first kappa shape index (κ1) is 19.2. The first-order chi connectivity index (χ1) is 12.3. The molecule has 2 aromatic rings. The minimum absolute atomic E-state index is 0.0144. The van der Waals surface area contributed by atoms with E-state index in [2.05, 4.69) is 5.32 Å². The largest absolute Gasteiger partial charge is 0.490 e. The highest BCUT2D eigenvalue weighted by molar-refractivity contribution is 6.31. The topological polar surface area (TPSA) is 108 Å². The molecule has 2 aromatic carbocycles. The second-order valence-electron chi connectivity index (χ2n) is 5.23. The lowest BCUT2D eigenvalue weighted by Crippen LogP contribution is -2.21. The van der Waals surface area contributed by atoms with Crippen molar-refractivity contribution in [2.45, 2.75) is 6.92 Å². The number of ether oxygens (including phenoxy) is 2. The number of benzene rings is 2. The van der Waals surface area contributed by atoms with E-state index in [1.54, 1.807) is 18.2 Å². The number of hydrogen-bond donors (Lipinski definition) is 1. The van der Waals surface area contributed by atoms with Crippen LogP contribution < -0.4 is 10.1 Å². The zero-order valence-corrected chi connectivity index (χ0v) is 14.7. The van der Waals surface area contributed by atoms with Crippen molar-refractivity contribution < 1.29 is 24.0 Å². The van der Waals surface area contributed by atoms with E-state index in [-0.39, 0.29) is 17.0 Å². The van der Waals surface area contributed by atoms with Crippen LogP contribution in [0, 0.1) is 17.0 Å². The fourth-order valence-electron chi connectivity index (χ4n) is 2.04. The fourth-order valence-corrected chi connectivity index (χ4v) is 2.22. The number of anilines is 1. The molecule has 0 fully saturated rings. The van der Waals surface area contributed by atoms with E-state index < -0.39 is 23.4 Å². The van der Waals surface area contributed by atoms with Gasteiger partial charge in [-0.25, -0.2) is 4.79 Å². The molecule has 1 N–H and O–H groups in total. The van der Waals surface area contributed by atoms with Crippen molar-refractivity contribution in [2.75, 3.05) is 19.0 Å². The molecule has 0 aliphatic carbocycles. The fraction of sp³-hybridized carbons (Fsp3) is 0.176. The molecule has 0 aromatic heterocycles. The van der Waals surface area contributed by atoms with Crippen LogP contribution >= 0.6 is 11.6 Å². The number of halogens is 1. The highest BCUT2D eigenvalue weighted by Gasteiger charge is 2.19. The van der Waals surface area contributed by atoms with Crippen molar-refractivity contribution in [1.82, 2.24) is 0 Å². The van der Waals surface area contributed by atoms with E-state index >= 15 is 0 Å². The molecule has 0 atom stereocenters. The van der Waals surface area contributed by atoms with E-state index in [4.69, 9.17) is 21.1 Å². The van der Waals surface area contributed by atoms with Gasteiger partial charge in [0.05, 0.1) is 17.6 Å². The number of esters is 1. The van der Waals surface area contributed by atoms with Crippen molar-refractivity contribution in [3.05, 3.63) is 62.7 Å². The third kappa shape index (κ3) is 4.70. The number of methoxy groups -OCH3 is 1. The smallest absolute Gasteiger partial charge is 0.338 e. The van der Waals surface area contributed by atoms with Crippen LogP contribution in [0.1, 0.15) is 15.9 Å². The Morgan fingerprint density at radius 2 is 1.96 bits per heavy atom. The van der Waals surface area contributed by atoms with E-state index in [0.717, 1.165) is 11.6 Å². The molecule has 0 saturated carbocycles. The number of aryl methyl sites for hydroxylation is 1. The molecule has 0 aliphatic rings. The standard InChI is InChI=1S/C17H15ClN2O6/c1-10-3-5-12(8-13(10)18)19-16(21)9-26-17(22)11-4-6-15(25-2)14(7-11)20(23)24/h3-8H,9H2,1-2H3,(H,19,21). The van der Waals surface area contributed by atoms with E-state index in [1.165, 1.54) is 19.2 Å². The number of nitrogens with zero attached hydrogens (tertiary/aromatic N) is 1. The maximum atomic E-state index is 12.0. The van der Waals surface area contributed by atoms with Gasteiger partial charge in [-0.15, -0.1) is 0 Å². The van der Waals surface area contributed by atoms with Crippen LogP contribution in [0.4, 0.5) is 11.4 Å². The molecular weight excluding hydrogens is 364 g/mol. The van der Waals surface area contributed by atoms with Crippen molar-refractivity contribution >= 4 is 34.9 Å². The first-order valence-corrected chi connectivity index (χ1v) is 7.75. The van der Waals surface area contributed by atoms with Crippen LogP contribution in [0.25, 0.3) is 0 Å². The van der Waals surface area contributed by atoms with Crippen LogP contribution in [0.2, 0.25) is 5.02 Å². The predicted molar refractivity (Wildman–Crippen MR) is 94.7 cm³/mol. The Morgan fingerprint density at radius 3 is 2.58 bits per heavy atom. The Labute approximate surface area is 153 Å². The molecule has 0 radical (unpaired) electrons. The van der Waals surface area contributed by atoms with Gasteiger partial charge in [-0.2, -0.15) is 0 Å². The summed E-state index contributed by atoms with van der Waals surface area (Å²) in [4.78, 5) is 34.1. The monoisotopic (exact) mass is 378 g/mol. The quantitative estimate of drug-likeness (QED) is 0.469. The van der Waals surface area contributed by atoms with Gasteiger partial charge in [-0.1, -0.05) is 17.7 Å². The van der Waals surface area contributed by atoms with E-state index in [0.29, 0.717) is 10.7 Å². The molecule has 136 valence electrons. The average molecular weight is 379 g/mol. The summed E-state index contributed by atoms with van der Waals surface area (Å²) in [5.41, 5.74) is 0.878. The minimum Gasteiger partial charge on any atom is -0.490 e. The molecule has 8 nitrogen and oxygen atoms in total. The summed E-state index contributed by atoms with van der Waals surface area (Å²) in [7, 11) is 1.28. The summed E-state index contributed by atoms with van der Waals surface area (Å²) in [6, 6.07) is 8.59. The first-order valence-electron chi connectivity index (χ1n) is 7.37. The molecule has 0 unspecified atom stereocenters. The Bertz CT molecular complexity index is 868. The Hall–Kier alpha value is -3.13. The summed E-state index contributed by atoms with van der Waals surface area (Å²) in [5, 5.41) is 14.0. The maximum absolute atomic E-state index is 12.0. The number of nitro groups is 1. The van der Waals surface area contributed by atoms with Crippen LogP contribution in [-0.4, -0.2) is 30.5 Å². The summed E-state index contributed by atoms with van der Waals surface area (Å²) >= 11 is 5.97. The molecular formula is C17H15ClN2O6. The molecule has 9 heteroatoms. The van der Waals surface area contributed by atoms with E-state index in [9.17, 15) is 19.7 Å². The number of hydrogen-bond acceptors (Lipinski definition) is 6. The van der Waals surface area contributed by atoms with Gasteiger partial charge >= 0.3 is 11.7 Å². The summed E-state index contributed by atoms with van der Waals surface area (Å²) in [6.45, 7) is 1.27. The zero-order valence-electron chi connectivity index (χ0n) is 13.9. The van der Waals surface area contributed by atoms with Crippen LogP contribution in [0.15, 0.2) is 36.4 Å². The van der Waals surface area contributed by atoms with Crippen molar-refractivity contribution in [1.29, 1.82) is 0 Å². The van der Waals surface area contributed by atoms with Gasteiger partial charge in [0.2, 0.25) is 0 Å². The van der Waals surface area contributed by atoms with Crippen LogP contribution in [0.3, 0.4) is 0 Å². The lowest BCUT2D eigenvalue weighted by atomic mass is 10.2. The highest BCUT2D eigenvalue weighted by Crippen LogP contribution is 2.27. The van der Waals surface area contributed by atoms with Crippen molar-refractivity contribution in [3.63, 3.8) is 0 Å². The van der Waals surface area contributed by atoms with Gasteiger partial charge in [0.15, 0.2) is 12.4 Å². The van der Waals surface area contributed by atoms with Gasteiger partial charge < -0.3 is 14.8 Å². The average Bonchev–Trinajstić information content (AvgIpc) is 2.62. The second-order valence-corrected chi connectivity index (χ2v) is 5.64. The Kier molecular flexibility index (Phi) is 6.13. The lowest BCUT2D eigenvalue weighted by molar-refractivity contribution is -0.385. The number of rotatable bonds is 6. The van der Waals surface area contributed by atoms with Gasteiger partial charge in [0.1, 0.15) is 0 Å². The maximum Gasteiger partial charge on any atom is 0.338 e. The predicted octanol–water partition coefficient (Wildman–Crippen LogP) is 3.36. The Morgan fingerprint density at radius 1 is 1.23 bits per heavy atom. The third-order valence-corrected chi connectivity index (χ3v) is 3.81. The number of amides is 1. The van der Waals surface area contributed by atoms with Crippen LogP contribution in [-0.2, 0) is 9.53 Å². The molecule has 0 saturated heterocycles. The normalized spacial score (nSPS) is 10.1. The number of carbonyl (C=O) groups excluding carboxylic acids is 2. The van der Waals surface area contributed by atoms with Crippen molar-refractivity contribution in [2.24, 2.45) is 0 Å². The number of nitrogens with one attached hydrogen (secondary N) is 1.